The third-order valence-corrected chi connectivity index (χ3v) is 3.67. The smallest absolute Gasteiger partial charge is 0.125 e. The lowest BCUT2D eigenvalue weighted by molar-refractivity contribution is 0.0730. The Morgan fingerprint density at radius 3 is 2.55 bits per heavy atom. The quantitative estimate of drug-likeness (QED) is 0.738. The molecule has 1 aliphatic heterocycles. The first kappa shape index (κ1) is 12.9. The fourth-order valence-electron chi connectivity index (χ4n) is 2.72. The molecule has 3 heteroatoms. The summed E-state index contributed by atoms with van der Waals surface area (Å²) in [5.74, 6) is 0.769. The highest BCUT2D eigenvalue weighted by Crippen LogP contribution is 2.42. The SMILES string of the molecule is CC1(C)CC(N=O)c2cc(-c3ccccc3)ccc2O1. The van der Waals surface area contributed by atoms with Crippen molar-refractivity contribution < 1.29 is 4.74 Å². The molecule has 3 nitrogen and oxygen atoms in total. The van der Waals surface area contributed by atoms with Gasteiger partial charge in [-0.3, -0.25) is 0 Å². The standard InChI is InChI=1S/C17H17NO2/c1-17(2)11-15(18-19)14-10-13(8-9-16(14)20-17)12-6-4-3-5-7-12/h3-10,15H,11H2,1-2H3. The van der Waals surface area contributed by atoms with Gasteiger partial charge in [-0.15, -0.1) is 0 Å². The van der Waals surface area contributed by atoms with Gasteiger partial charge in [-0.05, 0) is 37.1 Å². The maximum atomic E-state index is 11.2. The summed E-state index contributed by atoms with van der Waals surface area (Å²) >= 11 is 0. The number of ether oxygens (including phenoxy) is 1. The Balaban J connectivity index is 2.07. The molecule has 0 bridgehead atoms. The van der Waals surface area contributed by atoms with E-state index in [1.807, 2.05) is 50.2 Å². The van der Waals surface area contributed by atoms with Crippen LogP contribution in [0.4, 0.5) is 0 Å². The summed E-state index contributed by atoms with van der Waals surface area (Å²) in [6.45, 7) is 3.97. The van der Waals surface area contributed by atoms with E-state index >= 15 is 0 Å². The molecule has 1 atom stereocenters. The number of nitrogens with zero attached hydrogens (tertiary/aromatic N) is 1. The van der Waals surface area contributed by atoms with Crippen LogP contribution in [-0.2, 0) is 0 Å². The summed E-state index contributed by atoms with van der Waals surface area (Å²) in [5, 5.41) is 3.29. The molecule has 1 heterocycles. The molecule has 3 rings (SSSR count). The highest BCUT2D eigenvalue weighted by molar-refractivity contribution is 5.66. The number of fused-ring (bicyclic) bond motifs is 1. The Morgan fingerprint density at radius 1 is 1.10 bits per heavy atom. The summed E-state index contributed by atoms with van der Waals surface area (Å²) in [5.41, 5.74) is 2.76. The summed E-state index contributed by atoms with van der Waals surface area (Å²) in [6, 6.07) is 15.8. The monoisotopic (exact) mass is 267 g/mol. The van der Waals surface area contributed by atoms with Gasteiger partial charge in [-0.2, -0.15) is 4.91 Å². The number of rotatable bonds is 2. The van der Waals surface area contributed by atoms with Crippen molar-refractivity contribution in [2.75, 3.05) is 0 Å². The molecular formula is C17H17NO2. The van der Waals surface area contributed by atoms with Gasteiger partial charge in [-0.25, -0.2) is 0 Å². The topological polar surface area (TPSA) is 38.7 Å². The fraction of sp³-hybridized carbons (Fsp3) is 0.294. The second kappa shape index (κ2) is 4.75. The Kier molecular flexibility index (Phi) is 3.05. The van der Waals surface area contributed by atoms with E-state index in [9.17, 15) is 4.91 Å². The minimum absolute atomic E-state index is 0.336. The number of benzene rings is 2. The lowest BCUT2D eigenvalue weighted by Crippen LogP contribution is -2.34. The summed E-state index contributed by atoms with van der Waals surface area (Å²) < 4.78 is 5.94. The molecule has 102 valence electrons. The van der Waals surface area contributed by atoms with Crippen LogP contribution in [0.15, 0.2) is 53.7 Å². The molecule has 2 aromatic rings. The Hall–Kier alpha value is -2.16. The van der Waals surface area contributed by atoms with Crippen molar-refractivity contribution in [2.24, 2.45) is 5.18 Å². The fourth-order valence-corrected chi connectivity index (χ4v) is 2.72. The minimum atomic E-state index is -0.347. The van der Waals surface area contributed by atoms with Gasteiger partial charge in [0.05, 0.1) is 0 Å². The number of nitroso groups, excluding NO2 is 1. The van der Waals surface area contributed by atoms with Crippen LogP contribution in [0.1, 0.15) is 31.9 Å². The molecule has 0 N–H and O–H groups in total. The van der Waals surface area contributed by atoms with E-state index in [2.05, 4.69) is 17.3 Å². The lowest BCUT2D eigenvalue weighted by atomic mass is 9.88. The van der Waals surface area contributed by atoms with E-state index in [4.69, 9.17) is 4.74 Å². The lowest BCUT2D eigenvalue weighted by Gasteiger charge is -2.35. The third kappa shape index (κ3) is 2.31. The van der Waals surface area contributed by atoms with Crippen LogP contribution < -0.4 is 4.74 Å². The molecule has 0 saturated heterocycles. The van der Waals surface area contributed by atoms with Crippen molar-refractivity contribution in [2.45, 2.75) is 31.9 Å². The molecule has 20 heavy (non-hydrogen) atoms. The maximum absolute atomic E-state index is 11.2. The van der Waals surface area contributed by atoms with Crippen molar-refractivity contribution in [1.82, 2.24) is 0 Å². The van der Waals surface area contributed by atoms with Gasteiger partial charge < -0.3 is 4.74 Å². The average molecular weight is 267 g/mol. The number of hydrogen-bond donors (Lipinski definition) is 0. The third-order valence-electron chi connectivity index (χ3n) is 3.67. The van der Waals surface area contributed by atoms with Crippen LogP contribution in [-0.4, -0.2) is 5.60 Å². The van der Waals surface area contributed by atoms with Crippen LogP contribution in [0.3, 0.4) is 0 Å². The maximum Gasteiger partial charge on any atom is 0.125 e. The second-order valence-corrected chi connectivity index (χ2v) is 5.81. The largest absolute Gasteiger partial charge is 0.487 e. The molecule has 0 fully saturated rings. The van der Waals surface area contributed by atoms with E-state index in [0.717, 1.165) is 22.4 Å². The van der Waals surface area contributed by atoms with E-state index in [0.29, 0.717) is 6.42 Å². The average Bonchev–Trinajstić information content (AvgIpc) is 2.46. The van der Waals surface area contributed by atoms with Crippen LogP contribution in [0, 0.1) is 4.91 Å². The van der Waals surface area contributed by atoms with Gasteiger partial charge >= 0.3 is 0 Å². The normalized spacial score (nSPS) is 19.8. The van der Waals surface area contributed by atoms with Crippen molar-refractivity contribution in [1.29, 1.82) is 0 Å². The minimum Gasteiger partial charge on any atom is -0.487 e. The molecule has 0 saturated carbocycles. The van der Waals surface area contributed by atoms with Crippen LogP contribution in [0.2, 0.25) is 0 Å². The summed E-state index contributed by atoms with van der Waals surface area (Å²) in [6.07, 6.45) is 0.613. The molecule has 0 spiro atoms. The van der Waals surface area contributed by atoms with E-state index in [-0.39, 0.29) is 11.6 Å². The van der Waals surface area contributed by atoms with Crippen molar-refractivity contribution >= 4 is 0 Å². The zero-order valence-electron chi connectivity index (χ0n) is 11.7. The highest BCUT2D eigenvalue weighted by Gasteiger charge is 2.34. The van der Waals surface area contributed by atoms with Crippen LogP contribution >= 0.6 is 0 Å². The Morgan fingerprint density at radius 2 is 1.85 bits per heavy atom. The van der Waals surface area contributed by atoms with Gasteiger partial charge in [0.25, 0.3) is 0 Å². The van der Waals surface area contributed by atoms with Gasteiger partial charge in [0.15, 0.2) is 0 Å². The molecule has 1 aliphatic rings. The summed E-state index contributed by atoms with van der Waals surface area (Å²) in [7, 11) is 0. The first-order chi connectivity index (χ1) is 9.59. The second-order valence-electron chi connectivity index (χ2n) is 5.81. The van der Waals surface area contributed by atoms with Gasteiger partial charge in [-0.1, -0.05) is 41.6 Å². The molecule has 0 amide bonds. The first-order valence-corrected chi connectivity index (χ1v) is 6.80. The molecule has 0 aliphatic carbocycles. The molecule has 1 unspecified atom stereocenters. The van der Waals surface area contributed by atoms with Crippen molar-refractivity contribution in [3.63, 3.8) is 0 Å². The summed E-state index contributed by atoms with van der Waals surface area (Å²) in [4.78, 5) is 11.2. The zero-order valence-corrected chi connectivity index (χ0v) is 11.7. The van der Waals surface area contributed by atoms with E-state index in [1.54, 1.807) is 0 Å². The van der Waals surface area contributed by atoms with Crippen molar-refractivity contribution in [3.8, 4) is 16.9 Å². The van der Waals surface area contributed by atoms with Gasteiger partial charge in [0, 0.05) is 12.0 Å². The molecule has 0 radical (unpaired) electrons. The van der Waals surface area contributed by atoms with Crippen LogP contribution in [0.5, 0.6) is 5.75 Å². The number of hydrogen-bond acceptors (Lipinski definition) is 3. The predicted octanol–water partition coefficient (Wildman–Crippen LogP) is 4.72. The van der Waals surface area contributed by atoms with Gasteiger partial charge in [0.2, 0.25) is 0 Å². The molecule has 0 aromatic heterocycles. The van der Waals surface area contributed by atoms with Crippen LogP contribution in [0.25, 0.3) is 11.1 Å². The predicted molar refractivity (Wildman–Crippen MR) is 79.7 cm³/mol. The highest BCUT2D eigenvalue weighted by atomic mass is 16.5. The van der Waals surface area contributed by atoms with Gasteiger partial charge in [0.1, 0.15) is 17.4 Å². The Bertz CT molecular complexity index is 635. The first-order valence-electron chi connectivity index (χ1n) is 6.80. The van der Waals surface area contributed by atoms with E-state index < -0.39 is 0 Å². The van der Waals surface area contributed by atoms with Crippen molar-refractivity contribution in [3.05, 3.63) is 59.0 Å². The zero-order chi connectivity index (χ0) is 14.2. The van der Waals surface area contributed by atoms with E-state index in [1.165, 1.54) is 0 Å². The Labute approximate surface area is 118 Å². The molecule has 2 aromatic carbocycles. The molecular weight excluding hydrogens is 250 g/mol.